The molecule has 3 rings (SSSR count). The van der Waals surface area contributed by atoms with E-state index < -0.39 is 12.1 Å². The van der Waals surface area contributed by atoms with Gasteiger partial charge in [-0.2, -0.15) is 5.10 Å². The molecule has 0 radical (unpaired) electrons. The number of thiazole rings is 1. The minimum Gasteiger partial charge on any atom is -0.476 e. The number of rotatable bonds is 5. The van der Waals surface area contributed by atoms with Crippen molar-refractivity contribution in [1.82, 2.24) is 15.2 Å². The van der Waals surface area contributed by atoms with Gasteiger partial charge in [-0.25, -0.2) is 14.6 Å². The molecule has 0 spiro atoms. The zero-order valence-corrected chi connectivity index (χ0v) is 14.5. The number of carboxylic acid groups (broad SMARTS) is 1. The van der Waals surface area contributed by atoms with Gasteiger partial charge in [-0.05, 0) is 24.6 Å². The van der Waals surface area contributed by atoms with Crippen molar-refractivity contribution in [1.29, 1.82) is 0 Å². The second-order valence-corrected chi connectivity index (χ2v) is 6.25. The molecule has 8 nitrogen and oxygen atoms in total. The Morgan fingerprint density at radius 3 is 2.58 bits per heavy atom. The van der Waals surface area contributed by atoms with Crippen LogP contribution in [0.4, 0.5) is 9.93 Å². The number of hydrogen-bond acceptors (Lipinski definition) is 7. The van der Waals surface area contributed by atoms with Crippen molar-refractivity contribution in [3.05, 3.63) is 59.4 Å². The summed E-state index contributed by atoms with van der Waals surface area (Å²) in [5, 5.41) is 19.8. The molecule has 2 aromatic heterocycles. The number of aromatic nitrogens is 3. The number of aryl methyl sites for hydroxylation is 1. The van der Waals surface area contributed by atoms with E-state index in [4.69, 9.17) is 4.74 Å². The van der Waals surface area contributed by atoms with E-state index in [0.717, 1.165) is 16.9 Å². The molecule has 0 aliphatic heterocycles. The van der Waals surface area contributed by atoms with E-state index in [1.807, 2.05) is 30.3 Å². The molecule has 2 N–H and O–H groups in total. The number of anilines is 1. The Hall–Kier alpha value is -3.33. The van der Waals surface area contributed by atoms with Gasteiger partial charge in [0.2, 0.25) is 0 Å². The summed E-state index contributed by atoms with van der Waals surface area (Å²) < 4.78 is 5.10. The molecular formula is C17H14N4O4S. The summed E-state index contributed by atoms with van der Waals surface area (Å²) >= 11 is 0.990. The number of carbonyl (C=O) groups is 2. The van der Waals surface area contributed by atoms with Crippen LogP contribution in [0, 0.1) is 6.92 Å². The summed E-state index contributed by atoms with van der Waals surface area (Å²) in [5.74, 6) is -1.22. The molecule has 9 heteroatoms. The van der Waals surface area contributed by atoms with Crippen LogP contribution in [0.1, 0.15) is 21.7 Å². The minimum absolute atomic E-state index is 0.0974. The molecule has 3 aromatic rings. The van der Waals surface area contributed by atoms with Gasteiger partial charge >= 0.3 is 12.1 Å². The quantitative estimate of drug-likeness (QED) is 0.708. The first-order valence-corrected chi connectivity index (χ1v) is 8.37. The van der Waals surface area contributed by atoms with Crippen LogP contribution >= 0.6 is 11.3 Å². The fraction of sp³-hybridized carbons (Fsp3) is 0.118. The smallest absolute Gasteiger partial charge is 0.413 e. The molecule has 0 atom stereocenters. The van der Waals surface area contributed by atoms with Crippen LogP contribution in [0.3, 0.4) is 0 Å². The summed E-state index contributed by atoms with van der Waals surface area (Å²) in [7, 11) is 0. The molecule has 0 aliphatic carbocycles. The summed E-state index contributed by atoms with van der Waals surface area (Å²) in [6.07, 6.45) is -0.721. The van der Waals surface area contributed by atoms with Gasteiger partial charge in [0, 0.05) is 0 Å². The largest absolute Gasteiger partial charge is 0.476 e. The minimum atomic E-state index is -1.22. The average molecular weight is 370 g/mol. The van der Waals surface area contributed by atoms with Crippen molar-refractivity contribution in [3.63, 3.8) is 0 Å². The van der Waals surface area contributed by atoms with Gasteiger partial charge in [0.1, 0.15) is 12.3 Å². The highest BCUT2D eigenvalue weighted by Gasteiger charge is 2.21. The second kappa shape index (κ2) is 7.70. The van der Waals surface area contributed by atoms with E-state index in [9.17, 15) is 14.7 Å². The number of benzene rings is 1. The lowest BCUT2D eigenvalue weighted by Gasteiger charge is -2.04. The molecule has 0 bridgehead atoms. The highest BCUT2D eigenvalue weighted by Crippen LogP contribution is 2.31. The Balaban J connectivity index is 1.74. The lowest BCUT2D eigenvalue weighted by atomic mass is 10.2. The molecule has 0 saturated carbocycles. The normalized spacial score (nSPS) is 10.3. The maximum Gasteiger partial charge on any atom is 0.413 e. The van der Waals surface area contributed by atoms with Gasteiger partial charge in [-0.1, -0.05) is 41.7 Å². The van der Waals surface area contributed by atoms with Crippen LogP contribution in [0.5, 0.6) is 0 Å². The maximum atomic E-state index is 11.9. The van der Waals surface area contributed by atoms with E-state index in [-0.39, 0.29) is 17.4 Å². The Kier molecular flexibility index (Phi) is 5.18. The van der Waals surface area contributed by atoms with E-state index in [0.29, 0.717) is 16.3 Å². The van der Waals surface area contributed by atoms with Crippen LogP contribution in [0.25, 0.3) is 10.6 Å². The third kappa shape index (κ3) is 4.19. The summed E-state index contributed by atoms with van der Waals surface area (Å²) in [5.41, 5.74) is 1.71. The Labute approximate surface area is 152 Å². The van der Waals surface area contributed by atoms with Gasteiger partial charge in [0.25, 0.3) is 0 Å². The predicted molar refractivity (Wildman–Crippen MR) is 95.1 cm³/mol. The lowest BCUT2D eigenvalue weighted by Crippen LogP contribution is -2.13. The van der Waals surface area contributed by atoms with Gasteiger partial charge in [0.05, 0.1) is 10.6 Å². The summed E-state index contributed by atoms with van der Waals surface area (Å²) in [6.45, 7) is 1.87. The van der Waals surface area contributed by atoms with Crippen LogP contribution in [0.15, 0.2) is 42.5 Å². The number of hydrogen-bond donors (Lipinski definition) is 2. The first kappa shape index (κ1) is 17.5. The van der Waals surface area contributed by atoms with Crippen molar-refractivity contribution in [2.24, 2.45) is 0 Å². The van der Waals surface area contributed by atoms with Gasteiger partial charge < -0.3 is 9.84 Å². The molecule has 0 fully saturated rings. The molecule has 0 aliphatic rings. The Morgan fingerprint density at radius 1 is 1.15 bits per heavy atom. The van der Waals surface area contributed by atoms with E-state index >= 15 is 0 Å². The molecule has 0 saturated heterocycles. The van der Waals surface area contributed by atoms with E-state index in [2.05, 4.69) is 20.5 Å². The molecule has 132 valence electrons. The van der Waals surface area contributed by atoms with Crippen LogP contribution in [-0.4, -0.2) is 32.4 Å². The third-order valence-electron chi connectivity index (χ3n) is 3.28. The number of aromatic carboxylic acids is 1. The molecular weight excluding hydrogens is 356 g/mol. The van der Waals surface area contributed by atoms with Crippen molar-refractivity contribution < 1.29 is 19.4 Å². The van der Waals surface area contributed by atoms with Crippen LogP contribution in [0.2, 0.25) is 0 Å². The van der Waals surface area contributed by atoms with Crippen LogP contribution in [-0.2, 0) is 11.3 Å². The first-order valence-electron chi connectivity index (χ1n) is 7.55. The number of carbonyl (C=O) groups excluding carboxylic acids is 1. The fourth-order valence-electron chi connectivity index (χ4n) is 2.06. The monoisotopic (exact) mass is 370 g/mol. The molecule has 1 aromatic carbocycles. The zero-order valence-electron chi connectivity index (χ0n) is 13.7. The highest BCUT2D eigenvalue weighted by molar-refractivity contribution is 7.19. The SMILES string of the molecule is Cc1ccc(-c2sc(NC(=O)OCc3ccccc3)nc2C(=O)O)nn1. The first-order chi connectivity index (χ1) is 12.5. The molecule has 2 heterocycles. The lowest BCUT2D eigenvalue weighted by molar-refractivity contribution is 0.0692. The standard InChI is InChI=1S/C17H14N4O4S/c1-10-7-8-12(21-20-10)14-13(15(22)23)18-16(26-14)19-17(24)25-9-11-5-3-2-4-6-11/h2-8H,9H2,1H3,(H,22,23)(H,18,19,24). The average Bonchev–Trinajstić information content (AvgIpc) is 3.05. The molecule has 1 amide bonds. The second-order valence-electron chi connectivity index (χ2n) is 5.25. The third-order valence-corrected chi connectivity index (χ3v) is 4.28. The number of carboxylic acids is 1. The predicted octanol–water partition coefficient (Wildman–Crippen LogP) is 3.36. The van der Waals surface area contributed by atoms with Gasteiger partial charge in [-0.15, -0.1) is 5.10 Å². The number of ether oxygens (including phenoxy) is 1. The summed E-state index contributed by atoms with van der Waals surface area (Å²) in [6, 6.07) is 12.6. The van der Waals surface area contributed by atoms with Gasteiger partial charge in [0.15, 0.2) is 10.8 Å². The number of nitrogens with one attached hydrogen (secondary N) is 1. The highest BCUT2D eigenvalue weighted by atomic mass is 32.1. The van der Waals surface area contributed by atoms with Crippen molar-refractivity contribution in [3.8, 4) is 10.6 Å². The van der Waals surface area contributed by atoms with E-state index in [1.54, 1.807) is 19.1 Å². The van der Waals surface area contributed by atoms with Crippen LogP contribution < -0.4 is 5.32 Å². The Morgan fingerprint density at radius 2 is 1.92 bits per heavy atom. The van der Waals surface area contributed by atoms with Crippen molar-refractivity contribution >= 4 is 28.5 Å². The zero-order chi connectivity index (χ0) is 18.5. The molecule has 26 heavy (non-hydrogen) atoms. The maximum absolute atomic E-state index is 11.9. The fourth-order valence-corrected chi connectivity index (χ4v) is 2.97. The summed E-state index contributed by atoms with van der Waals surface area (Å²) in [4.78, 5) is 27.6. The topological polar surface area (TPSA) is 114 Å². The van der Waals surface area contributed by atoms with Crippen molar-refractivity contribution in [2.75, 3.05) is 5.32 Å². The van der Waals surface area contributed by atoms with E-state index in [1.165, 1.54) is 0 Å². The number of amides is 1. The Bertz CT molecular complexity index is 926. The number of nitrogens with zero attached hydrogens (tertiary/aromatic N) is 3. The molecule has 0 unspecified atom stereocenters. The van der Waals surface area contributed by atoms with Crippen molar-refractivity contribution in [2.45, 2.75) is 13.5 Å². The van der Waals surface area contributed by atoms with Gasteiger partial charge in [-0.3, -0.25) is 5.32 Å².